The van der Waals surface area contributed by atoms with Crippen LogP contribution in [0.15, 0.2) is 24.4 Å². The van der Waals surface area contributed by atoms with Crippen molar-refractivity contribution in [3.05, 3.63) is 35.2 Å². The average Bonchev–Trinajstić information content (AvgIpc) is 2.48. The summed E-state index contributed by atoms with van der Waals surface area (Å²) in [5.74, 6) is -1.01. The molecule has 0 bridgehead atoms. The van der Waals surface area contributed by atoms with Crippen LogP contribution in [0.4, 0.5) is 10.1 Å². The highest BCUT2D eigenvalue weighted by atomic mass is 35.5. The monoisotopic (exact) mass is 309 g/mol. The molecule has 3 rings (SSSR count). The summed E-state index contributed by atoms with van der Waals surface area (Å²) >= 11 is 6.03. The van der Waals surface area contributed by atoms with Crippen molar-refractivity contribution >= 4 is 34.1 Å². The molecule has 1 aromatic heterocycles. The topological polar surface area (TPSA) is 68.5 Å². The molecule has 1 fully saturated rings. The number of nitrogens with zero attached hydrogens (tertiary/aromatic N) is 2. The van der Waals surface area contributed by atoms with E-state index in [1.165, 1.54) is 6.20 Å². The molecule has 0 aliphatic carbocycles. The van der Waals surface area contributed by atoms with Gasteiger partial charge in [-0.05, 0) is 18.2 Å². The first-order valence-corrected chi connectivity index (χ1v) is 6.84. The maximum absolute atomic E-state index is 14.6. The van der Waals surface area contributed by atoms with E-state index in [0.717, 1.165) is 0 Å². The second kappa shape index (κ2) is 5.46. The standard InChI is InChI=1S/C14H13ClFN3O2/c15-9-3-4-18-13-8(9)1-2-10(12(13)16)19-5-6-21-11(7-19)14(17)20/h1-4,11H,5-7H2,(H2,17,20)/t11-/m0/s1. The summed E-state index contributed by atoms with van der Waals surface area (Å²) in [7, 11) is 0. The zero-order chi connectivity index (χ0) is 15.0. The van der Waals surface area contributed by atoms with E-state index in [-0.39, 0.29) is 12.1 Å². The third-order valence-corrected chi connectivity index (χ3v) is 3.83. The van der Waals surface area contributed by atoms with Crippen LogP contribution in [0.2, 0.25) is 5.02 Å². The van der Waals surface area contributed by atoms with Gasteiger partial charge in [0.15, 0.2) is 11.9 Å². The fourth-order valence-corrected chi connectivity index (χ4v) is 2.63. The molecule has 1 aliphatic rings. The Kier molecular flexibility index (Phi) is 3.65. The van der Waals surface area contributed by atoms with Crippen LogP contribution in [-0.4, -0.2) is 36.7 Å². The number of rotatable bonds is 2. The lowest BCUT2D eigenvalue weighted by atomic mass is 10.1. The van der Waals surface area contributed by atoms with E-state index in [1.807, 2.05) is 0 Å². The number of hydrogen-bond donors (Lipinski definition) is 1. The maximum atomic E-state index is 14.6. The normalized spacial score (nSPS) is 19.0. The van der Waals surface area contributed by atoms with E-state index in [1.54, 1.807) is 23.1 Å². The molecule has 0 radical (unpaired) electrons. The Labute approximate surface area is 125 Å². The number of nitrogens with two attached hydrogens (primary N) is 1. The molecule has 1 aliphatic heterocycles. The molecule has 2 N–H and O–H groups in total. The summed E-state index contributed by atoms with van der Waals surface area (Å²) in [6, 6.07) is 4.97. The van der Waals surface area contributed by atoms with Crippen LogP contribution >= 0.6 is 11.6 Å². The molecule has 7 heteroatoms. The van der Waals surface area contributed by atoms with Crippen molar-refractivity contribution < 1.29 is 13.9 Å². The van der Waals surface area contributed by atoms with E-state index in [2.05, 4.69) is 4.98 Å². The third-order valence-electron chi connectivity index (χ3n) is 3.50. The number of carbonyl (C=O) groups excluding carboxylic acids is 1. The highest BCUT2D eigenvalue weighted by Gasteiger charge is 2.27. The number of hydrogen-bond acceptors (Lipinski definition) is 4. The molecular formula is C14H13ClFN3O2. The van der Waals surface area contributed by atoms with E-state index in [4.69, 9.17) is 22.1 Å². The summed E-state index contributed by atoms with van der Waals surface area (Å²) < 4.78 is 19.9. The SMILES string of the molecule is NC(=O)[C@@H]1CN(c2ccc3c(Cl)ccnc3c2F)CCO1. The van der Waals surface area contributed by atoms with Crippen molar-refractivity contribution in [2.45, 2.75) is 6.10 Å². The lowest BCUT2D eigenvalue weighted by Crippen LogP contribution is -2.48. The largest absolute Gasteiger partial charge is 0.367 e. The minimum atomic E-state index is -0.735. The summed E-state index contributed by atoms with van der Waals surface area (Å²) in [5.41, 5.74) is 5.82. The molecule has 0 saturated carbocycles. The number of aromatic nitrogens is 1. The summed E-state index contributed by atoms with van der Waals surface area (Å²) in [6.07, 6.45) is 0.726. The van der Waals surface area contributed by atoms with Crippen molar-refractivity contribution in [1.29, 1.82) is 0 Å². The van der Waals surface area contributed by atoms with Crippen LogP contribution in [0.1, 0.15) is 0 Å². The Morgan fingerprint density at radius 1 is 1.48 bits per heavy atom. The minimum absolute atomic E-state index is 0.210. The Morgan fingerprint density at radius 3 is 3.05 bits per heavy atom. The van der Waals surface area contributed by atoms with E-state index >= 15 is 0 Å². The Balaban J connectivity index is 2.01. The number of ether oxygens (including phenoxy) is 1. The number of amides is 1. The molecule has 1 amide bonds. The van der Waals surface area contributed by atoms with Gasteiger partial charge in [0.1, 0.15) is 5.52 Å². The number of morpholine rings is 1. The van der Waals surface area contributed by atoms with Crippen LogP contribution in [0.25, 0.3) is 10.9 Å². The van der Waals surface area contributed by atoms with Gasteiger partial charge in [-0.2, -0.15) is 0 Å². The van der Waals surface area contributed by atoms with Crippen molar-refractivity contribution in [3.63, 3.8) is 0 Å². The molecule has 2 aromatic rings. The quantitative estimate of drug-likeness (QED) is 0.917. The second-order valence-electron chi connectivity index (χ2n) is 4.80. The van der Waals surface area contributed by atoms with Gasteiger partial charge in [-0.1, -0.05) is 11.6 Å². The fourth-order valence-electron chi connectivity index (χ4n) is 2.42. The van der Waals surface area contributed by atoms with Gasteiger partial charge >= 0.3 is 0 Å². The van der Waals surface area contributed by atoms with Gasteiger partial charge in [0.05, 0.1) is 23.9 Å². The third kappa shape index (κ3) is 2.52. The average molecular weight is 310 g/mol. The van der Waals surface area contributed by atoms with Gasteiger partial charge in [0, 0.05) is 18.1 Å². The van der Waals surface area contributed by atoms with Crippen LogP contribution in [-0.2, 0) is 9.53 Å². The van der Waals surface area contributed by atoms with Gasteiger partial charge < -0.3 is 15.4 Å². The molecule has 1 atom stereocenters. The fraction of sp³-hybridized carbons (Fsp3) is 0.286. The van der Waals surface area contributed by atoms with Crippen molar-refractivity contribution in [3.8, 4) is 0 Å². The van der Waals surface area contributed by atoms with E-state index < -0.39 is 17.8 Å². The lowest BCUT2D eigenvalue weighted by Gasteiger charge is -2.33. The van der Waals surface area contributed by atoms with Gasteiger partial charge in [-0.15, -0.1) is 0 Å². The number of pyridine rings is 1. The number of carbonyl (C=O) groups is 1. The van der Waals surface area contributed by atoms with Crippen molar-refractivity contribution in [1.82, 2.24) is 4.98 Å². The highest BCUT2D eigenvalue weighted by molar-refractivity contribution is 6.35. The molecule has 1 saturated heterocycles. The molecule has 21 heavy (non-hydrogen) atoms. The zero-order valence-corrected chi connectivity index (χ0v) is 11.8. The van der Waals surface area contributed by atoms with Crippen LogP contribution in [0.5, 0.6) is 0 Å². The van der Waals surface area contributed by atoms with Gasteiger partial charge in [-0.25, -0.2) is 4.39 Å². The smallest absolute Gasteiger partial charge is 0.248 e. The first-order chi connectivity index (χ1) is 10.1. The number of fused-ring (bicyclic) bond motifs is 1. The Hall–Kier alpha value is -1.92. The minimum Gasteiger partial charge on any atom is -0.367 e. The highest BCUT2D eigenvalue weighted by Crippen LogP contribution is 2.30. The molecular weight excluding hydrogens is 297 g/mol. The summed E-state index contributed by atoms with van der Waals surface area (Å²) in [5, 5.41) is 1.00. The van der Waals surface area contributed by atoms with Crippen molar-refractivity contribution in [2.24, 2.45) is 5.73 Å². The molecule has 5 nitrogen and oxygen atoms in total. The van der Waals surface area contributed by atoms with E-state index in [0.29, 0.717) is 29.2 Å². The molecule has 0 unspecified atom stereocenters. The molecule has 0 spiro atoms. The van der Waals surface area contributed by atoms with Gasteiger partial charge in [0.25, 0.3) is 0 Å². The zero-order valence-electron chi connectivity index (χ0n) is 11.1. The summed E-state index contributed by atoms with van der Waals surface area (Å²) in [4.78, 5) is 17.0. The van der Waals surface area contributed by atoms with Crippen LogP contribution in [0, 0.1) is 5.82 Å². The summed E-state index contributed by atoms with van der Waals surface area (Å²) in [6.45, 7) is 1.01. The first kappa shape index (κ1) is 14.0. The van der Waals surface area contributed by atoms with Gasteiger partial charge in [-0.3, -0.25) is 9.78 Å². The number of halogens is 2. The van der Waals surface area contributed by atoms with Crippen molar-refractivity contribution in [2.75, 3.05) is 24.6 Å². The number of anilines is 1. The number of benzene rings is 1. The predicted molar refractivity (Wildman–Crippen MR) is 77.9 cm³/mol. The van der Waals surface area contributed by atoms with E-state index in [9.17, 15) is 9.18 Å². The molecule has 110 valence electrons. The predicted octanol–water partition coefficient (Wildman–Crippen LogP) is 1.72. The number of primary amides is 1. The first-order valence-electron chi connectivity index (χ1n) is 6.46. The second-order valence-corrected chi connectivity index (χ2v) is 5.20. The van der Waals surface area contributed by atoms with Crippen LogP contribution < -0.4 is 10.6 Å². The van der Waals surface area contributed by atoms with Gasteiger partial charge in [0.2, 0.25) is 5.91 Å². The maximum Gasteiger partial charge on any atom is 0.248 e. The lowest BCUT2D eigenvalue weighted by molar-refractivity contribution is -0.130. The molecule has 1 aromatic carbocycles. The molecule has 2 heterocycles. The van der Waals surface area contributed by atoms with Crippen LogP contribution in [0.3, 0.4) is 0 Å². The Morgan fingerprint density at radius 2 is 2.29 bits per heavy atom. The Bertz CT molecular complexity index is 710.